The van der Waals surface area contributed by atoms with Gasteiger partial charge < -0.3 is 10.7 Å². The van der Waals surface area contributed by atoms with Crippen LogP contribution in [0.25, 0.3) is 33.1 Å². The largest absolute Gasteiger partial charge is 0.366 e. The number of amides is 1. The van der Waals surface area contributed by atoms with E-state index >= 15 is 0 Å². The number of aromatic amines is 1. The molecule has 2 heterocycles. The maximum atomic E-state index is 11.5. The Labute approximate surface area is 126 Å². The highest BCUT2D eigenvalue weighted by Crippen LogP contribution is 2.26. The number of nitrogens with two attached hydrogens (primary N) is 1. The standard InChI is InChI=1S/C18H12N3O/c19-18(22)14-10-20-17-8-6-12(9-13(14)17)16-7-5-11-3-1-2-4-15(11)21-16/h2-10,20H,(H2,19,22). The fraction of sp³-hybridized carbons (Fsp3) is 0. The molecule has 0 unspecified atom stereocenters. The van der Waals surface area contributed by atoms with Crippen LogP contribution in [-0.4, -0.2) is 15.9 Å². The van der Waals surface area contributed by atoms with Crippen molar-refractivity contribution in [2.45, 2.75) is 0 Å². The molecule has 2 aromatic carbocycles. The summed E-state index contributed by atoms with van der Waals surface area (Å²) in [4.78, 5) is 19.2. The highest BCUT2D eigenvalue weighted by atomic mass is 16.1. The number of nitrogens with one attached hydrogen (secondary N) is 1. The smallest absolute Gasteiger partial charge is 0.250 e. The minimum absolute atomic E-state index is 0.439. The average molecular weight is 286 g/mol. The van der Waals surface area contributed by atoms with E-state index in [9.17, 15) is 4.79 Å². The number of rotatable bonds is 2. The highest BCUT2D eigenvalue weighted by Gasteiger charge is 2.10. The molecule has 22 heavy (non-hydrogen) atoms. The molecular formula is C18H12N3O. The molecule has 0 aliphatic heterocycles. The molecule has 4 rings (SSSR count). The zero-order valence-electron chi connectivity index (χ0n) is 11.6. The SMILES string of the molecule is NC(=O)c1c[nH]c2ccc(-c3ccc4c[c]ccc4n3)cc12. The number of hydrogen-bond donors (Lipinski definition) is 2. The van der Waals surface area contributed by atoms with Crippen molar-refractivity contribution in [2.24, 2.45) is 5.73 Å². The first-order valence-electron chi connectivity index (χ1n) is 6.90. The zero-order valence-corrected chi connectivity index (χ0v) is 11.6. The number of carbonyl (C=O) groups excluding carboxylic acids is 1. The first-order valence-corrected chi connectivity index (χ1v) is 6.90. The fourth-order valence-electron chi connectivity index (χ4n) is 2.65. The van der Waals surface area contributed by atoms with E-state index in [4.69, 9.17) is 5.73 Å². The number of carbonyl (C=O) groups is 1. The minimum Gasteiger partial charge on any atom is -0.366 e. The number of aromatic nitrogens is 2. The van der Waals surface area contributed by atoms with Crippen molar-refractivity contribution in [3.05, 3.63) is 66.4 Å². The summed E-state index contributed by atoms with van der Waals surface area (Å²) in [5, 5.41) is 1.86. The van der Waals surface area contributed by atoms with Gasteiger partial charge in [-0.2, -0.15) is 0 Å². The van der Waals surface area contributed by atoms with Gasteiger partial charge in [-0.25, -0.2) is 4.98 Å². The maximum Gasteiger partial charge on any atom is 0.250 e. The summed E-state index contributed by atoms with van der Waals surface area (Å²) in [6.07, 6.45) is 1.64. The van der Waals surface area contributed by atoms with Crippen LogP contribution in [0.5, 0.6) is 0 Å². The van der Waals surface area contributed by atoms with E-state index in [0.29, 0.717) is 5.56 Å². The number of nitrogens with zero attached hydrogens (tertiary/aromatic N) is 1. The molecule has 0 spiro atoms. The second-order valence-corrected chi connectivity index (χ2v) is 5.14. The molecule has 4 heteroatoms. The van der Waals surface area contributed by atoms with Crippen LogP contribution in [0.1, 0.15) is 10.4 Å². The first kappa shape index (κ1) is 12.6. The molecule has 0 aliphatic carbocycles. The van der Waals surface area contributed by atoms with E-state index in [-0.39, 0.29) is 0 Å². The summed E-state index contributed by atoms with van der Waals surface area (Å²) in [6, 6.07) is 18.6. The van der Waals surface area contributed by atoms with Crippen molar-refractivity contribution >= 4 is 27.7 Å². The summed E-state index contributed by atoms with van der Waals surface area (Å²) in [7, 11) is 0. The molecule has 0 saturated heterocycles. The van der Waals surface area contributed by atoms with Crippen LogP contribution in [0.2, 0.25) is 0 Å². The Morgan fingerprint density at radius 1 is 1.18 bits per heavy atom. The molecule has 0 bridgehead atoms. The van der Waals surface area contributed by atoms with Crippen LogP contribution in [0, 0.1) is 6.07 Å². The summed E-state index contributed by atoms with van der Waals surface area (Å²) in [5.41, 5.74) is 9.51. The molecular weight excluding hydrogens is 274 g/mol. The number of H-pyrrole nitrogens is 1. The molecule has 105 valence electrons. The molecule has 0 saturated carbocycles. The van der Waals surface area contributed by atoms with E-state index in [1.807, 2.05) is 48.5 Å². The van der Waals surface area contributed by atoms with E-state index in [1.165, 1.54) is 0 Å². The Balaban J connectivity index is 1.91. The van der Waals surface area contributed by atoms with Gasteiger partial charge in [0.2, 0.25) is 0 Å². The third-order valence-electron chi connectivity index (χ3n) is 3.78. The minimum atomic E-state index is -0.439. The molecule has 0 fully saturated rings. The van der Waals surface area contributed by atoms with Gasteiger partial charge in [-0.05, 0) is 36.4 Å². The van der Waals surface area contributed by atoms with Crippen molar-refractivity contribution in [3.63, 3.8) is 0 Å². The third kappa shape index (κ3) is 1.93. The maximum absolute atomic E-state index is 11.5. The van der Waals surface area contributed by atoms with E-state index in [1.54, 1.807) is 6.20 Å². The van der Waals surface area contributed by atoms with Crippen LogP contribution in [-0.2, 0) is 0 Å². The normalized spacial score (nSPS) is 11.1. The van der Waals surface area contributed by atoms with Gasteiger partial charge in [0.05, 0.1) is 16.8 Å². The van der Waals surface area contributed by atoms with Crippen molar-refractivity contribution in [3.8, 4) is 11.3 Å². The summed E-state index contributed by atoms with van der Waals surface area (Å²) in [5.74, 6) is -0.439. The molecule has 2 aromatic heterocycles. The predicted octanol–water partition coefficient (Wildman–Crippen LogP) is 3.28. The monoisotopic (exact) mass is 286 g/mol. The number of primary amides is 1. The van der Waals surface area contributed by atoms with Crippen LogP contribution in [0.3, 0.4) is 0 Å². The molecule has 4 nitrogen and oxygen atoms in total. The lowest BCUT2D eigenvalue weighted by molar-refractivity contribution is 0.100. The molecule has 1 radical (unpaired) electrons. The van der Waals surface area contributed by atoms with Gasteiger partial charge in [0.1, 0.15) is 0 Å². The van der Waals surface area contributed by atoms with Crippen molar-refractivity contribution in [1.29, 1.82) is 0 Å². The van der Waals surface area contributed by atoms with E-state index in [0.717, 1.165) is 33.1 Å². The predicted molar refractivity (Wildman–Crippen MR) is 86.4 cm³/mol. The van der Waals surface area contributed by atoms with Crippen molar-refractivity contribution in [1.82, 2.24) is 9.97 Å². The van der Waals surface area contributed by atoms with E-state index in [2.05, 4.69) is 16.0 Å². The number of fused-ring (bicyclic) bond motifs is 2. The lowest BCUT2D eigenvalue weighted by Crippen LogP contribution is -2.09. The van der Waals surface area contributed by atoms with E-state index < -0.39 is 5.91 Å². The molecule has 1 amide bonds. The summed E-state index contributed by atoms with van der Waals surface area (Å²) in [6.45, 7) is 0. The Morgan fingerprint density at radius 2 is 2.09 bits per heavy atom. The topological polar surface area (TPSA) is 71.8 Å². The number of hydrogen-bond acceptors (Lipinski definition) is 2. The van der Waals surface area contributed by atoms with Gasteiger partial charge in [-0.1, -0.05) is 18.2 Å². The second kappa shape index (κ2) is 4.70. The highest BCUT2D eigenvalue weighted by molar-refractivity contribution is 6.06. The molecule has 0 aliphatic rings. The summed E-state index contributed by atoms with van der Waals surface area (Å²) < 4.78 is 0. The van der Waals surface area contributed by atoms with Gasteiger partial charge >= 0.3 is 0 Å². The lowest BCUT2D eigenvalue weighted by Gasteiger charge is -2.04. The Hall–Kier alpha value is -3.14. The zero-order chi connectivity index (χ0) is 15.1. The second-order valence-electron chi connectivity index (χ2n) is 5.14. The summed E-state index contributed by atoms with van der Waals surface area (Å²) >= 11 is 0. The molecule has 4 aromatic rings. The third-order valence-corrected chi connectivity index (χ3v) is 3.78. The van der Waals surface area contributed by atoms with Crippen LogP contribution in [0.15, 0.2) is 54.7 Å². The van der Waals surface area contributed by atoms with Crippen LogP contribution >= 0.6 is 0 Å². The van der Waals surface area contributed by atoms with Gasteiger partial charge in [-0.3, -0.25) is 4.79 Å². The Kier molecular flexibility index (Phi) is 2.69. The first-order chi connectivity index (χ1) is 10.7. The Bertz CT molecular complexity index is 1020. The molecule has 0 atom stereocenters. The van der Waals surface area contributed by atoms with Crippen molar-refractivity contribution < 1.29 is 4.79 Å². The average Bonchev–Trinajstić information content (AvgIpc) is 2.97. The van der Waals surface area contributed by atoms with Gasteiger partial charge in [0.15, 0.2) is 0 Å². The molecule has 3 N–H and O–H groups in total. The quantitative estimate of drug-likeness (QED) is 0.593. The fourth-order valence-corrected chi connectivity index (χ4v) is 2.65. The van der Waals surface area contributed by atoms with Gasteiger partial charge in [0.25, 0.3) is 5.91 Å². The van der Waals surface area contributed by atoms with Gasteiger partial charge in [-0.15, -0.1) is 0 Å². The Morgan fingerprint density at radius 3 is 2.95 bits per heavy atom. The van der Waals surface area contributed by atoms with Gasteiger partial charge in [0, 0.05) is 28.0 Å². The van der Waals surface area contributed by atoms with Crippen LogP contribution in [0.4, 0.5) is 0 Å². The lowest BCUT2D eigenvalue weighted by atomic mass is 10.1. The number of benzene rings is 2. The number of pyridine rings is 1. The van der Waals surface area contributed by atoms with Crippen molar-refractivity contribution in [2.75, 3.05) is 0 Å². The van der Waals surface area contributed by atoms with Crippen LogP contribution < -0.4 is 5.73 Å².